The maximum Gasteiger partial charge on any atom is 0.242 e. The highest BCUT2D eigenvalue weighted by atomic mass is 16.2. The second kappa shape index (κ2) is 10.2. The summed E-state index contributed by atoms with van der Waals surface area (Å²) >= 11 is 0. The molecule has 6 heteroatoms. The summed E-state index contributed by atoms with van der Waals surface area (Å²) in [5.74, 6) is 0.985. The van der Waals surface area contributed by atoms with Gasteiger partial charge in [-0.25, -0.2) is 4.98 Å². The number of fused-ring (bicyclic) bond motifs is 1. The van der Waals surface area contributed by atoms with Gasteiger partial charge in [0.2, 0.25) is 11.8 Å². The molecule has 2 aromatic carbocycles. The van der Waals surface area contributed by atoms with Gasteiger partial charge < -0.3 is 14.8 Å². The Kier molecular flexibility index (Phi) is 6.97. The van der Waals surface area contributed by atoms with Gasteiger partial charge in [-0.1, -0.05) is 55.3 Å². The minimum absolute atomic E-state index is 0.00509. The van der Waals surface area contributed by atoms with Crippen molar-refractivity contribution in [2.45, 2.75) is 45.1 Å². The monoisotopic (exact) mass is 418 g/mol. The molecule has 1 fully saturated rings. The lowest BCUT2D eigenvalue weighted by atomic mass is 10.1. The predicted octanol–water partition coefficient (Wildman–Crippen LogP) is 3.34. The first-order valence-electron chi connectivity index (χ1n) is 11.2. The number of nitrogens with zero attached hydrogens (tertiary/aromatic N) is 3. The molecular weight excluding hydrogens is 388 g/mol. The highest BCUT2D eigenvalue weighted by molar-refractivity contribution is 5.81. The molecule has 4 rings (SSSR count). The van der Waals surface area contributed by atoms with Gasteiger partial charge in [-0.3, -0.25) is 9.59 Å². The first-order chi connectivity index (χ1) is 15.2. The summed E-state index contributed by atoms with van der Waals surface area (Å²) in [5, 5.41) is 2.99. The molecule has 1 N–H and O–H groups in total. The molecule has 1 aromatic heterocycles. The lowest BCUT2D eigenvalue weighted by Gasteiger charge is -2.21. The molecule has 1 aliphatic heterocycles. The number of hydrogen-bond acceptors (Lipinski definition) is 3. The fourth-order valence-electron chi connectivity index (χ4n) is 4.21. The largest absolute Gasteiger partial charge is 0.355 e. The number of para-hydroxylation sites is 2. The van der Waals surface area contributed by atoms with Crippen LogP contribution in [0.5, 0.6) is 0 Å². The molecule has 2 heterocycles. The summed E-state index contributed by atoms with van der Waals surface area (Å²) < 4.78 is 2.02. The average Bonchev–Trinajstić information content (AvgIpc) is 2.94. The highest BCUT2D eigenvalue weighted by Crippen LogP contribution is 2.18. The van der Waals surface area contributed by atoms with Crippen molar-refractivity contribution in [3.05, 3.63) is 66.0 Å². The number of imidazole rings is 1. The van der Waals surface area contributed by atoms with E-state index in [1.165, 1.54) is 12.8 Å². The minimum atomic E-state index is -0.00509. The lowest BCUT2D eigenvalue weighted by Crippen LogP contribution is -2.35. The van der Waals surface area contributed by atoms with Crippen LogP contribution < -0.4 is 5.32 Å². The second-order valence-corrected chi connectivity index (χ2v) is 8.16. The molecule has 0 aliphatic carbocycles. The Balaban J connectivity index is 1.42. The Morgan fingerprint density at radius 2 is 1.61 bits per heavy atom. The summed E-state index contributed by atoms with van der Waals surface area (Å²) in [5.41, 5.74) is 2.85. The molecular formula is C25H30N4O2. The zero-order valence-corrected chi connectivity index (χ0v) is 17.9. The first kappa shape index (κ1) is 21.1. The van der Waals surface area contributed by atoms with Crippen LogP contribution in [0, 0.1) is 0 Å². The number of aromatic nitrogens is 2. The Morgan fingerprint density at radius 3 is 2.39 bits per heavy atom. The maximum absolute atomic E-state index is 13.0. The minimum Gasteiger partial charge on any atom is -0.355 e. The zero-order chi connectivity index (χ0) is 21.5. The van der Waals surface area contributed by atoms with Crippen LogP contribution in [0.25, 0.3) is 11.0 Å². The normalized spacial score (nSPS) is 14.4. The van der Waals surface area contributed by atoms with Crippen LogP contribution in [0.2, 0.25) is 0 Å². The van der Waals surface area contributed by atoms with Gasteiger partial charge in [0.15, 0.2) is 0 Å². The van der Waals surface area contributed by atoms with E-state index in [1.807, 2.05) is 64.1 Å². The number of nitrogens with one attached hydrogen (secondary N) is 1. The van der Waals surface area contributed by atoms with Crippen LogP contribution in [0.1, 0.15) is 37.1 Å². The molecule has 0 atom stereocenters. The van der Waals surface area contributed by atoms with Gasteiger partial charge in [-0.2, -0.15) is 0 Å². The smallest absolute Gasteiger partial charge is 0.242 e. The molecule has 6 nitrogen and oxygen atoms in total. The summed E-state index contributed by atoms with van der Waals surface area (Å²) in [6, 6.07) is 17.6. The lowest BCUT2D eigenvalue weighted by molar-refractivity contribution is -0.131. The van der Waals surface area contributed by atoms with Gasteiger partial charge in [0, 0.05) is 26.1 Å². The first-order valence-corrected chi connectivity index (χ1v) is 11.2. The third kappa shape index (κ3) is 5.51. The van der Waals surface area contributed by atoms with Gasteiger partial charge in [-0.05, 0) is 30.5 Å². The molecule has 0 saturated carbocycles. The highest BCUT2D eigenvalue weighted by Gasteiger charge is 2.19. The van der Waals surface area contributed by atoms with Crippen molar-refractivity contribution < 1.29 is 9.59 Å². The predicted molar refractivity (Wildman–Crippen MR) is 122 cm³/mol. The number of carbonyl (C=O) groups excluding carboxylic acids is 2. The molecule has 31 heavy (non-hydrogen) atoms. The molecule has 1 saturated heterocycles. The zero-order valence-electron chi connectivity index (χ0n) is 17.9. The second-order valence-electron chi connectivity index (χ2n) is 8.16. The van der Waals surface area contributed by atoms with Crippen molar-refractivity contribution in [2.24, 2.45) is 0 Å². The summed E-state index contributed by atoms with van der Waals surface area (Å²) in [7, 11) is 0. The van der Waals surface area contributed by atoms with E-state index in [-0.39, 0.29) is 11.8 Å². The van der Waals surface area contributed by atoms with Crippen LogP contribution in [0.15, 0.2) is 54.6 Å². The molecule has 3 aromatic rings. The molecule has 162 valence electrons. The van der Waals surface area contributed by atoms with E-state index in [4.69, 9.17) is 4.98 Å². The number of rotatable bonds is 7. The summed E-state index contributed by atoms with van der Waals surface area (Å²) in [4.78, 5) is 32.0. The average molecular weight is 419 g/mol. The van der Waals surface area contributed by atoms with Gasteiger partial charge in [0.25, 0.3) is 0 Å². The molecule has 0 radical (unpaired) electrons. The SMILES string of the molecule is O=C(Cc1ccccc1)NCCc1nc2ccccc2n1CC(=O)N1CCCCCC1. The summed E-state index contributed by atoms with van der Waals surface area (Å²) in [6.07, 6.45) is 5.51. The Bertz CT molecular complexity index is 1020. The van der Waals surface area contributed by atoms with Crippen molar-refractivity contribution >= 4 is 22.8 Å². The quantitative estimate of drug-likeness (QED) is 0.640. The fourth-order valence-corrected chi connectivity index (χ4v) is 4.21. The number of likely N-dealkylation sites (tertiary alicyclic amines) is 1. The van der Waals surface area contributed by atoms with E-state index < -0.39 is 0 Å². The van der Waals surface area contributed by atoms with E-state index in [2.05, 4.69) is 5.32 Å². The molecule has 0 unspecified atom stereocenters. The standard InChI is InChI=1S/C25H30N4O2/c30-24(18-20-10-4-3-5-11-20)26-15-14-23-27-21-12-6-7-13-22(21)29(23)19-25(31)28-16-8-1-2-9-17-28/h3-7,10-13H,1-2,8-9,14-19H2,(H,26,30). The van der Waals surface area contributed by atoms with Crippen molar-refractivity contribution in [2.75, 3.05) is 19.6 Å². The maximum atomic E-state index is 13.0. The molecule has 1 aliphatic rings. The van der Waals surface area contributed by atoms with E-state index in [0.717, 1.165) is 48.4 Å². The van der Waals surface area contributed by atoms with Gasteiger partial charge in [0.1, 0.15) is 12.4 Å². The number of benzene rings is 2. The number of carbonyl (C=O) groups is 2. The van der Waals surface area contributed by atoms with E-state index in [9.17, 15) is 9.59 Å². The van der Waals surface area contributed by atoms with Gasteiger partial charge >= 0.3 is 0 Å². The van der Waals surface area contributed by atoms with Crippen molar-refractivity contribution in [1.29, 1.82) is 0 Å². The van der Waals surface area contributed by atoms with E-state index in [1.54, 1.807) is 0 Å². The topological polar surface area (TPSA) is 67.2 Å². The Hall–Kier alpha value is -3.15. The molecule has 0 spiro atoms. The Labute approximate surface area is 183 Å². The van der Waals surface area contributed by atoms with Crippen LogP contribution in [0.3, 0.4) is 0 Å². The van der Waals surface area contributed by atoms with Crippen molar-refractivity contribution in [3.63, 3.8) is 0 Å². The van der Waals surface area contributed by atoms with E-state index >= 15 is 0 Å². The van der Waals surface area contributed by atoms with Gasteiger partial charge in [-0.15, -0.1) is 0 Å². The van der Waals surface area contributed by atoms with Gasteiger partial charge in [0.05, 0.1) is 17.5 Å². The van der Waals surface area contributed by atoms with Crippen LogP contribution in [-0.4, -0.2) is 45.9 Å². The fraction of sp³-hybridized carbons (Fsp3) is 0.400. The van der Waals surface area contributed by atoms with Crippen LogP contribution >= 0.6 is 0 Å². The van der Waals surface area contributed by atoms with Crippen LogP contribution in [0.4, 0.5) is 0 Å². The van der Waals surface area contributed by atoms with E-state index in [0.29, 0.717) is 25.9 Å². The third-order valence-corrected chi connectivity index (χ3v) is 5.86. The van der Waals surface area contributed by atoms with Crippen molar-refractivity contribution in [3.8, 4) is 0 Å². The Morgan fingerprint density at radius 1 is 0.903 bits per heavy atom. The summed E-state index contributed by atoms with van der Waals surface area (Å²) in [6.45, 7) is 2.48. The molecule has 0 bridgehead atoms. The van der Waals surface area contributed by atoms with Crippen LogP contribution in [-0.2, 0) is 29.0 Å². The van der Waals surface area contributed by atoms with Crippen molar-refractivity contribution in [1.82, 2.24) is 19.8 Å². The third-order valence-electron chi connectivity index (χ3n) is 5.86. The molecule has 2 amide bonds. The number of hydrogen-bond donors (Lipinski definition) is 1. The number of amides is 2.